The first kappa shape index (κ1) is 22.4. The van der Waals surface area contributed by atoms with Gasteiger partial charge in [-0.15, -0.1) is 0 Å². The van der Waals surface area contributed by atoms with Crippen LogP contribution in [-0.4, -0.2) is 19.1 Å². The minimum Gasteiger partial charge on any atom is -0.490 e. The van der Waals surface area contributed by atoms with E-state index in [0.717, 1.165) is 16.8 Å². The lowest BCUT2D eigenvalue weighted by atomic mass is 10.1. The highest BCUT2D eigenvalue weighted by atomic mass is 16.5. The van der Waals surface area contributed by atoms with Gasteiger partial charge in [0.2, 0.25) is 0 Å². The largest absolute Gasteiger partial charge is 0.490 e. The fraction of sp³-hybridized carbons (Fsp3) is 0.269. The molecule has 0 spiro atoms. The first-order chi connectivity index (χ1) is 15.0. The van der Waals surface area contributed by atoms with Crippen LogP contribution in [0.2, 0.25) is 0 Å². The lowest BCUT2D eigenvalue weighted by Crippen LogP contribution is -2.20. The number of ether oxygens (including phenoxy) is 2. The summed E-state index contributed by atoms with van der Waals surface area (Å²) in [4.78, 5) is 12.2. The molecule has 0 unspecified atom stereocenters. The normalized spacial score (nSPS) is 11.6. The molecule has 0 aliphatic carbocycles. The Morgan fingerprint density at radius 3 is 2.39 bits per heavy atom. The van der Waals surface area contributed by atoms with E-state index in [9.17, 15) is 4.79 Å². The summed E-state index contributed by atoms with van der Waals surface area (Å²) in [6.07, 6.45) is 0. The van der Waals surface area contributed by atoms with Crippen molar-refractivity contribution in [2.24, 2.45) is 0 Å². The highest BCUT2D eigenvalue weighted by molar-refractivity contribution is 5.91. The monoisotopic (exact) mass is 418 g/mol. The lowest BCUT2D eigenvalue weighted by molar-refractivity contribution is -0.118. The average Bonchev–Trinajstić information content (AvgIpc) is 2.79. The molecule has 0 aliphatic rings. The van der Waals surface area contributed by atoms with Gasteiger partial charge >= 0.3 is 0 Å². The molecule has 1 atom stereocenters. The molecule has 0 saturated heterocycles. The topological polar surface area (TPSA) is 59.6 Å². The number of hydrogen-bond donors (Lipinski definition) is 2. The molecule has 0 aliphatic heterocycles. The molecule has 0 radical (unpaired) electrons. The predicted octanol–water partition coefficient (Wildman–Crippen LogP) is 5.26. The number of hydrogen-bond acceptors (Lipinski definition) is 4. The molecule has 0 heterocycles. The van der Waals surface area contributed by atoms with Gasteiger partial charge in [0.05, 0.1) is 6.61 Å². The Hall–Kier alpha value is -3.31. The molecule has 0 bridgehead atoms. The van der Waals surface area contributed by atoms with Crippen molar-refractivity contribution in [3.63, 3.8) is 0 Å². The Labute approximate surface area is 184 Å². The van der Waals surface area contributed by atoms with Crippen molar-refractivity contribution in [1.29, 1.82) is 0 Å². The molecule has 3 rings (SSSR count). The van der Waals surface area contributed by atoms with Crippen LogP contribution in [0.4, 0.5) is 5.69 Å². The van der Waals surface area contributed by atoms with E-state index in [1.807, 2.05) is 74.5 Å². The van der Waals surface area contributed by atoms with Gasteiger partial charge in [0, 0.05) is 18.3 Å². The number of rotatable bonds is 10. The molecular formula is C26H30N2O3. The van der Waals surface area contributed by atoms with Crippen LogP contribution < -0.4 is 20.1 Å². The Balaban J connectivity index is 1.57. The molecule has 31 heavy (non-hydrogen) atoms. The molecule has 1 amide bonds. The van der Waals surface area contributed by atoms with Crippen molar-refractivity contribution in [1.82, 2.24) is 5.32 Å². The molecule has 3 aromatic carbocycles. The number of benzene rings is 3. The maximum atomic E-state index is 12.2. The summed E-state index contributed by atoms with van der Waals surface area (Å²) in [5.74, 6) is 0.979. The SMILES string of the molecule is CCOc1cc(CN[C@H](C)c2ccccc2)ccc1OCC(=O)Nc1ccc(C)cc1. The summed E-state index contributed by atoms with van der Waals surface area (Å²) >= 11 is 0. The van der Waals surface area contributed by atoms with Crippen molar-refractivity contribution >= 4 is 11.6 Å². The van der Waals surface area contributed by atoms with Crippen LogP contribution in [-0.2, 0) is 11.3 Å². The number of carbonyl (C=O) groups is 1. The second-order valence-corrected chi connectivity index (χ2v) is 7.43. The van der Waals surface area contributed by atoms with E-state index in [0.29, 0.717) is 24.7 Å². The first-order valence-electron chi connectivity index (χ1n) is 10.6. The van der Waals surface area contributed by atoms with Crippen LogP contribution in [0.15, 0.2) is 72.8 Å². The fourth-order valence-electron chi connectivity index (χ4n) is 3.16. The third-order valence-electron chi connectivity index (χ3n) is 4.91. The zero-order chi connectivity index (χ0) is 22.1. The quantitative estimate of drug-likeness (QED) is 0.471. The molecule has 0 saturated carbocycles. The number of carbonyl (C=O) groups excluding carboxylic acids is 1. The van der Waals surface area contributed by atoms with Gasteiger partial charge in [-0.3, -0.25) is 4.79 Å². The highest BCUT2D eigenvalue weighted by Gasteiger charge is 2.11. The Morgan fingerprint density at radius 1 is 0.935 bits per heavy atom. The Bertz CT molecular complexity index is 972. The van der Waals surface area contributed by atoms with E-state index in [-0.39, 0.29) is 18.6 Å². The minimum atomic E-state index is -0.214. The van der Waals surface area contributed by atoms with Gasteiger partial charge in [-0.2, -0.15) is 0 Å². The van der Waals surface area contributed by atoms with Crippen molar-refractivity contribution in [2.75, 3.05) is 18.5 Å². The van der Waals surface area contributed by atoms with Crippen molar-refractivity contribution < 1.29 is 14.3 Å². The van der Waals surface area contributed by atoms with Crippen LogP contribution in [0.1, 0.15) is 36.6 Å². The Kier molecular flexibility index (Phi) is 8.07. The Morgan fingerprint density at radius 2 is 1.68 bits per heavy atom. The van der Waals surface area contributed by atoms with Crippen LogP contribution in [0.3, 0.4) is 0 Å². The third-order valence-corrected chi connectivity index (χ3v) is 4.91. The van der Waals surface area contributed by atoms with Gasteiger partial charge in [-0.1, -0.05) is 54.1 Å². The highest BCUT2D eigenvalue weighted by Crippen LogP contribution is 2.29. The van der Waals surface area contributed by atoms with Gasteiger partial charge < -0.3 is 20.1 Å². The summed E-state index contributed by atoms with van der Waals surface area (Å²) in [7, 11) is 0. The average molecular weight is 419 g/mol. The summed E-state index contributed by atoms with van der Waals surface area (Å²) in [6, 6.07) is 24.0. The van der Waals surface area contributed by atoms with Gasteiger partial charge in [0.25, 0.3) is 5.91 Å². The minimum absolute atomic E-state index is 0.0867. The van der Waals surface area contributed by atoms with E-state index in [1.54, 1.807) is 0 Å². The van der Waals surface area contributed by atoms with Crippen molar-refractivity contribution in [3.05, 3.63) is 89.5 Å². The number of aryl methyl sites for hydroxylation is 1. The number of amides is 1. The summed E-state index contributed by atoms with van der Waals surface area (Å²) < 4.78 is 11.5. The fourth-order valence-corrected chi connectivity index (χ4v) is 3.16. The molecular weight excluding hydrogens is 388 g/mol. The predicted molar refractivity (Wildman–Crippen MR) is 125 cm³/mol. The van der Waals surface area contributed by atoms with E-state index in [2.05, 4.69) is 29.7 Å². The van der Waals surface area contributed by atoms with E-state index in [4.69, 9.17) is 9.47 Å². The van der Waals surface area contributed by atoms with E-state index in [1.165, 1.54) is 5.56 Å². The number of anilines is 1. The zero-order valence-electron chi connectivity index (χ0n) is 18.4. The molecule has 162 valence electrons. The van der Waals surface area contributed by atoms with Crippen LogP contribution >= 0.6 is 0 Å². The standard InChI is InChI=1S/C26H30N2O3/c1-4-30-25-16-21(17-27-20(3)22-8-6-5-7-9-22)12-15-24(25)31-18-26(29)28-23-13-10-19(2)11-14-23/h5-16,20,27H,4,17-18H2,1-3H3,(H,28,29)/t20-/m1/s1. The van der Waals surface area contributed by atoms with Crippen LogP contribution in [0.25, 0.3) is 0 Å². The van der Waals surface area contributed by atoms with Gasteiger partial charge in [0.1, 0.15) is 0 Å². The second kappa shape index (κ2) is 11.2. The smallest absolute Gasteiger partial charge is 0.262 e. The van der Waals surface area contributed by atoms with Crippen molar-refractivity contribution in [2.45, 2.75) is 33.4 Å². The van der Waals surface area contributed by atoms with Gasteiger partial charge in [-0.25, -0.2) is 0 Å². The molecule has 0 aromatic heterocycles. The van der Waals surface area contributed by atoms with Crippen molar-refractivity contribution in [3.8, 4) is 11.5 Å². The van der Waals surface area contributed by atoms with E-state index >= 15 is 0 Å². The van der Waals surface area contributed by atoms with Gasteiger partial charge in [-0.05, 0) is 56.2 Å². The molecule has 3 aromatic rings. The summed E-state index contributed by atoms with van der Waals surface area (Å²) in [5, 5.41) is 6.36. The summed E-state index contributed by atoms with van der Waals surface area (Å²) in [5.41, 5.74) is 4.22. The lowest BCUT2D eigenvalue weighted by Gasteiger charge is -2.16. The summed E-state index contributed by atoms with van der Waals surface area (Å²) in [6.45, 7) is 7.20. The molecule has 0 fully saturated rings. The van der Waals surface area contributed by atoms with Gasteiger partial charge in [0.15, 0.2) is 18.1 Å². The molecule has 5 heteroatoms. The maximum absolute atomic E-state index is 12.2. The third kappa shape index (κ3) is 6.86. The maximum Gasteiger partial charge on any atom is 0.262 e. The van der Waals surface area contributed by atoms with Crippen LogP contribution in [0, 0.1) is 6.92 Å². The zero-order valence-corrected chi connectivity index (χ0v) is 18.4. The second-order valence-electron chi connectivity index (χ2n) is 7.43. The van der Waals surface area contributed by atoms with Crippen LogP contribution in [0.5, 0.6) is 11.5 Å². The van der Waals surface area contributed by atoms with E-state index < -0.39 is 0 Å². The number of nitrogens with one attached hydrogen (secondary N) is 2. The molecule has 2 N–H and O–H groups in total. The molecule has 5 nitrogen and oxygen atoms in total. The first-order valence-corrected chi connectivity index (χ1v) is 10.6.